The summed E-state index contributed by atoms with van der Waals surface area (Å²) in [5.74, 6) is 0. The quantitative estimate of drug-likeness (QED) is 0.749. The van der Waals surface area contributed by atoms with Crippen LogP contribution in [-0.4, -0.2) is 41.5 Å². The Labute approximate surface area is 117 Å². The summed E-state index contributed by atoms with van der Waals surface area (Å²) in [6.07, 6.45) is 4.71. The molecule has 104 valence electrons. The Hall–Kier alpha value is -1.12. The zero-order valence-corrected chi connectivity index (χ0v) is 12.4. The van der Waals surface area contributed by atoms with Gasteiger partial charge in [0.1, 0.15) is 0 Å². The van der Waals surface area contributed by atoms with Gasteiger partial charge in [0.25, 0.3) is 0 Å². The fourth-order valence-electron chi connectivity index (χ4n) is 2.98. The molecule has 2 atom stereocenters. The summed E-state index contributed by atoms with van der Waals surface area (Å²) < 4.78 is 0. The average molecular weight is 258 g/mol. The normalized spacial score (nSPS) is 24.0. The van der Waals surface area contributed by atoms with Crippen molar-refractivity contribution in [3.8, 4) is 0 Å². The Morgan fingerprint density at radius 3 is 2.47 bits per heavy atom. The lowest BCUT2D eigenvalue weighted by Gasteiger charge is -2.41. The van der Waals surface area contributed by atoms with Crippen molar-refractivity contribution < 1.29 is 0 Å². The molecule has 1 aromatic rings. The van der Waals surface area contributed by atoms with E-state index in [0.29, 0.717) is 12.1 Å². The average Bonchev–Trinajstić information content (AvgIpc) is 2.45. The molecule has 0 saturated heterocycles. The van der Waals surface area contributed by atoms with Crippen LogP contribution >= 0.6 is 0 Å². The van der Waals surface area contributed by atoms with Crippen molar-refractivity contribution in [3.05, 3.63) is 48.0 Å². The molecular formula is C17H26N2. The van der Waals surface area contributed by atoms with Gasteiger partial charge in [-0.05, 0) is 25.6 Å². The molecule has 1 aromatic carbocycles. The van der Waals surface area contributed by atoms with Crippen molar-refractivity contribution in [2.75, 3.05) is 19.6 Å². The number of hydrogen-bond donors (Lipinski definition) is 0. The van der Waals surface area contributed by atoms with Crippen LogP contribution in [0.4, 0.5) is 0 Å². The molecule has 2 rings (SSSR count). The Morgan fingerprint density at radius 1 is 1.16 bits per heavy atom. The van der Waals surface area contributed by atoms with E-state index in [4.69, 9.17) is 0 Å². The van der Waals surface area contributed by atoms with Crippen LogP contribution in [0.25, 0.3) is 0 Å². The third kappa shape index (κ3) is 3.46. The fraction of sp³-hybridized carbons (Fsp3) is 0.529. The molecule has 0 saturated carbocycles. The fourth-order valence-corrected chi connectivity index (χ4v) is 2.98. The van der Waals surface area contributed by atoms with Gasteiger partial charge in [-0.15, -0.1) is 0 Å². The Kier molecular flexibility index (Phi) is 5.17. The highest BCUT2D eigenvalue weighted by Gasteiger charge is 2.27. The molecule has 1 aliphatic heterocycles. The van der Waals surface area contributed by atoms with E-state index in [1.54, 1.807) is 0 Å². The lowest BCUT2D eigenvalue weighted by molar-refractivity contribution is 0.112. The summed E-state index contributed by atoms with van der Waals surface area (Å²) in [5, 5.41) is 0. The van der Waals surface area contributed by atoms with E-state index in [1.165, 1.54) is 5.56 Å². The molecule has 19 heavy (non-hydrogen) atoms. The molecule has 0 unspecified atom stereocenters. The molecule has 1 aliphatic rings. The Balaban J connectivity index is 2.05. The molecule has 0 fully saturated rings. The summed E-state index contributed by atoms with van der Waals surface area (Å²) in [4.78, 5) is 5.11. The van der Waals surface area contributed by atoms with Gasteiger partial charge in [0.2, 0.25) is 0 Å². The molecular weight excluding hydrogens is 232 g/mol. The van der Waals surface area contributed by atoms with Crippen molar-refractivity contribution in [1.82, 2.24) is 9.80 Å². The number of hydrogen-bond acceptors (Lipinski definition) is 2. The monoisotopic (exact) mass is 258 g/mol. The summed E-state index contributed by atoms with van der Waals surface area (Å²) in [5.41, 5.74) is 1.41. The maximum atomic E-state index is 2.57. The van der Waals surface area contributed by atoms with Crippen LogP contribution < -0.4 is 0 Å². The zero-order chi connectivity index (χ0) is 13.7. The van der Waals surface area contributed by atoms with Gasteiger partial charge in [0, 0.05) is 25.2 Å². The molecule has 2 heteroatoms. The van der Waals surface area contributed by atoms with Crippen molar-refractivity contribution in [2.24, 2.45) is 0 Å². The van der Waals surface area contributed by atoms with E-state index in [-0.39, 0.29) is 0 Å². The second-order valence-corrected chi connectivity index (χ2v) is 5.30. The predicted molar refractivity (Wildman–Crippen MR) is 82.2 cm³/mol. The molecule has 2 nitrogen and oxygen atoms in total. The van der Waals surface area contributed by atoms with Crippen LogP contribution in [0.5, 0.6) is 0 Å². The first-order valence-electron chi connectivity index (χ1n) is 7.45. The Morgan fingerprint density at radius 2 is 1.84 bits per heavy atom. The highest BCUT2D eigenvalue weighted by Crippen LogP contribution is 2.19. The topological polar surface area (TPSA) is 6.48 Å². The zero-order valence-electron chi connectivity index (χ0n) is 12.4. The highest BCUT2D eigenvalue weighted by atomic mass is 15.2. The van der Waals surface area contributed by atoms with Gasteiger partial charge < -0.3 is 0 Å². The van der Waals surface area contributed by atoms with Crippen LogP contribution in [0.15, 0.2) is 42.5 Å². The van der Waals surface area contributed by atoms with E-state index in [0.717, 1.165) is 26.2 Å². The molecule has 0 bridgehead atoms. The minimum absolute atomic E-state index is 0.549. The largest absolute Gasteiger partial charge is 0.296 e. The molecule has 0 radical (unpaired) electrons. The number of likely N-dealkylation sites (N-methyl/N-ethyl adjacent to an activating group) is 1. The number of rotatable bonds is 5. The highest BCUT2D eigenvalue weighted by molar-refractivity contribution is 5.16. The molecule has 0 N–H and O–H groups in total. The lowest BCUT2D eigenvalue weighted by atomic mass is 10.0. The van der Waals surface area contributed by atoms with Gasteiger partial charge in [-0.1, -0.05) is 56.3 Å². The number of nitrogens with zero attached hydrogens (tertiary/aromatic N) is 2. The van der Waals surface area contributed by atoms with E-state index in [1.807, 2.05) is 0 Å². The maximum absolute atomic E-state index is 2.57. The van der Waals surface area contributed by atoms with Gasteiger partial charge in [0.05, 0.1) is 0 Å². The van der Waals surface area contributed by atoms with Gasteiger partial charge in [-0.2, -0.15) is 0 Å². The second-order valence-electron chi connectivity index (χ2n) is 5.30. The van der Waals surface area contributed by atoms with Crippen molar-refractivity contribution in [2.45, 2.75) is 39.4 Å². The van der Waals surface area contributed by atoms with Gasteiger partial charge in [0.15, 0.2) is 0 Å². The molecule has 1 heterocycles. The molecule has 0 amide bonds. The van der Waals surface area contributed by atoms with Crippen LogP contribution in [0, 0.1) is 0 Å². The number of benzene rings is 1. The molecule has 0 spiro atoms. The standard InChI is InChI=1S/C17H26N2/c1-4-18(5-2)17-12-9-13-19(15(17)3)14-16-10-7-6-8-11-16/h6-12,15,17H,4-5,13-14H2,1-3H3/t15-,17+/m1/s1. The third-order valence-electron chi connectivity index (χ3n) is 4.21. The molecule has 0 aliphatic carbocycles. The smallest absolute Gasteiger partial charge is 0.0431 e. The van der Waals surface area contributed by atoms with E-state index >= 15 is 0 Å². The van der Waals surface area contributed by atoms with E-state index in [9.17, 15) is 0 Å². The van der Waals surface area contributed by atoms with Crippen molar-refractivity contribution in [1.29, 1.82) is 0 Å². The lowest BCUT2D eigenvalue weighted by Crippen LogP contribution is -2.51. The van der Waals surface area contributed by atoms with Gasteiger partial charge in [-0.3, -0.25) is 9.80 Å². The van der Waals surface area contributed by atoms with Gasteiger partial charge >= 0.3 is 0 Å². The maximum Gasteiger partial charge on any atom is 0.0431 e. The minimum Gasteiger partial charge on any atom is -0.296 e. The van der Waals surface area contributed by atoms with E-state index < -0.39 is 0 Å². The Bertz CT molecular complexity index is 395. The van der Waals surface area contributed by atoms with Crippen LogP contribution in [-0.2, 0) is 6.54 Å². The first kappa shape index (κ1) is 14.3. The summed E-state index contributed by atoms with van der Waals surface area (Å²) in [6.45, 7) is 11.2. The predicted octanol–water partition coefficient (Wildman–Crippen LogP) is 3.16. The van der Waals surface area contributed by atoms with Crippen LogP contribution in [0.2, 0.25) is 0 Å². The van der Waals surface area contributed by atoms with E-state index in [2.05, 4.69) is 73.1 Å². The summed E-state index contributed by atoms with van der Waals surface area (Å²) in [6, 6.07) is 11.9. The summed E-state index contributed by atoms with van der Waals surface area (Å²) in [7, 11) is 0. The van der Waals surface area contributed by atoms with Gasteiger partial charge in [-0.25, -0.2) is 0 Å². The second kappa shape index (κ2) is 6.88. The molecule has 0 aromatic heterocycles. The van der Waals surface area contributed by atoms with Crippen molar-refractivity contribution in [3.63, 3.8) is 0 Å². The third-order valence-corrected chi connectivity index (χ3v) is 4.21. The van der Waals surface area contributed by atoms with Crippen LogP contribution in [0.3, 0.4) is 0 Å². The minimum atomic E-state index is 0.549. The summed E-state index contributed by atoms with van der Waals surface area (Å²) >= 11 is 0. The van der Waals surface area contributed by atoms with Crippen LogP contribution in [0.1, 0.15) is 26.3 Å². The first-order chi connectivity index (χ1) is 9.26. The van der Waals surface area contributed by atoms with Crippen molar-refractivity contribution >= 4 is 0 Å². The first-order valence-corrected chi connectivity index (χ1v) is 7.45. The SMILES string of the molecule is CCN(CC)[C@H]1C=CCN(Cc2ccccc2)[C@@H]1C.